The van der Waals surface area contributed by atoms with Gasteiger partial charge in [0.05, 0.1) is 0 Å². The number of hydrogen-bond donors (Lipinski definition) is 1. The van der Waals surface area contributed by atoms with Crippen molar-refractivity contribution in [1.82, 2.24) is 10.2 Å². The molecule has 1 N–H and O–H groups in total. The zero-order chi connectivity index (χ0) is 15.4. The lowest BCUT2D eigenvalue weighted by Crippen LogP contribution is -2.55. The average molecular weight is 292 g/mol. The predicted molar refractivity (Wildman–Crippen MR) is 86.7 cm³/mol. The quantitative estimate of drug-likeness (QED) is 0.891. The van der Waals surface area contributed by atoms with Gasteiger partial charge in [0.15, 0.2) is 0 Å². The Morgan fingerprint density at radius 2 is 1.95 bits per heavy atom. The molecule has 4 unspecified atom stereocenters. The number of likely N-dealkylation sites (N-methyl/N-ethyl adjacent to an activating group) is 2. The molecule has 21 heavy (non-hydrogen) atoms. The summed E-state index contributed by atoms with van der Waals surface area (Å²) in [5.74, 6) is 1.30. The van der Waals surface area contributed by atoms with E-state index < -0.39 is 0 Å². The predicted octanol–water partition coefficient (Wildman–Crippen LogP) is 3.67. The van der Waals surface area contributed by atoms with Crippen LogP contribution in [0.1, 0.15) is 39.2 Å². The lowest BCUT2D eigenvalue weighted by atomic mass is 9.76. The molecule has 0 aromatic heterocycles. The molecule has 2 nitrogen and oxygen atoms in total. The van der Waals surface area contributed by atoms with E-state index >= 15 is 0 Å². The Balaban J connectivity index is 2.11. The molecule has 0 radical (unpaired) electrons. The van der Waals surface area contributed by atoms with Crippen molar-refractivity contribution < 1.29 is 4.39 Å². The standard InChI is InChI=1S/C18H29FN2/c1-5-20-17-11-13(2)10-14(3)18(17)21(4)12-15-8-6-7-9-16(15)19/h6-9,13-14,17-18,20H,5,10-12H2,1-4H3. The number of hydrogen-bond acceptors (Lipinski definition) is 2. The fourth-order valence-electron chi connectivity index (χ4n) is 4.05. The smallest absolute Gasteiger partial charge is 0.127 e. The van der Waals surface area contributed by atoms with Crippen molar-refractivity contribution in [2.24, 2.45) is 11.8 Å². The van der Waals surface area contributed by atoms with Crippen LogP contribution in [0.5, 0.6) is 0 Å². The van der Waals surface area contributed by atoms with Gasteiger partial charge in [0.25, 0.3) is 0 Å². The van der Waals surface area contributed by atoms with E-state index in [0.717, 1.165) is 18.0 Å². The maximum Gasteiger partial charge on any atom is 0.127 e. The molecule has 3 heteroatoms. The third-order valence-electron chi connectivity index (χ3n) is 4.78. The van der Waals surface area contributed by atoms with Crippen LogP contribution in [0.25, 0.3) is 0 Å². The molecule has 4 atom stereocenters. The van der Waals surface area contributed by atoms with Crippen LogP contribution in [0, 0.1) is 17.7 Å². The molecule has 0 spiro atoms. The van der Waals surface area contributed by atoms with Gasteiger partial charge in [-0.25, -0.2) is 4.39 Å². The number of nitrogens with one attached hydrogen (secondary N) is 1. The zero-order valence-corrected chi connectivity index (χ0v) is 13.8. The van der Waals surface area contributed by atoms with Gasteiger partial charge in [-0.3, -0.25) is 4.90 Å². The lowest BCUT2D eigenvalue weighted by Gasteiger charge is -2.45. The van der Waals surface area contributed by atoms with Crippen LogP contribution in [-0.4, -0.2) is 30.6 Å². The third-order valence-corrected chi connectivity index (χ3v) is 4.78. The summed E-state index contributed by atoms with van der Waals surface area (Å²) in [5.41, 5.74) is 0.793. The Bertz CT molecular complexity index is 449. The van der Waals surface area contributed by atoms with Crippen molar-refractivity contribution in [3.63, 3.8) is 0 Å². The Kier molecular flexibility index (Phi) is 5.77. The first kappa shape index (κ1) is 16.4. The van der Waals surface area contributed by atoms with E-state index in [1.54, 1.807) is 12.1 Å². The van der Waals surface area contributed by atoms with E-state index in [1.807, 2.05) is 12.1 Å². The summed E-state index contributed by atoms with van der Waals surface area (Å²) >= 11 is 0. The molecule has 1 aromatic carbocycles. The van der Waals surface area contributed by atoms with Crippen molar-refractivity contribution >= 4 is 0 Å². The normalized spacial score (nSPS) is 29.8. The van der Waals surface area contributed by atoms with E-state index in [9.17, 15) is 4.39 Å². The maximum absolute atomic E-state index is 13.9. The molecule has 0 saturated heterocycles. The van der Waals surface area contributed by atoms with Crippen LogP contribution in [0.4, 0.5) is 4.39 Å². The second-order valence-corrected chi connectivity index (χ2v) is 6.72. The van der Waals surface area contributed by atoms with Gasteiger partial charge in [0, 0.05) is 24.2 Å². The lowest BCUT2D eigenvalue weighted by molar-refractivity contribution is 0.0753. The SMILES string of the molecule is CCNC1CC(C)CC(C)C1N(C)Cc1ccccc1F. The summed E-state index contributed by atoms with van der Waals surface area (Å²) in [6, 6.07) is 8.10. The molecule has 0 bridgehead atoms. The Labute approximate surface area is 128 Å². The van der Waals surface area contributed by atoms with Crippen LogP contribution in [-0.2, 0) is 6.54 Å². The van der Waals surface area contributed by atoms with Gasteiger partial charge in [0.2, 0.25) is 0 Å². The first-order valence-corrected chi connectivity index (χ1v) is 8.20. The molecule has 1 fully saturated rings. The Morgan fingerprint density at radius 3 is 2.62 bits per heavy atom. The molecule has 0 amide bonds. The van der Waals surface area contributed by atoms with Gasteiger partial charge in [-0.05, 0) is 44.3 Å². The maximum atomic E-state index is 13.9. The molecule has 1 aliphatic rings. The largest absolute Gasteiger partial charge is 0.313 e. The van der Waals surface area contributed by atoms with Crippen LogP contribution >= 0.6 is 0 Å². The highest BCUT2D eigenvalue weighted by Gasteiger charge is 2.36. The molecule has 1 saturated carbocycles. The molecule has 0 aliphatic heterocycles. The highest BCUT2D eigenvalue weighted by molar-refractivity contribution is 5.17. The average Bonchev–Trinajstić information content (AvgIpc) is 2.41. The first-order chi connectivity index (χ1) is 10.0. The fourth-order valence-corrected chi connectivity index (χ4v) is 4.05. The van der Waals surface area contributed by atoms with Gasteiger partial charge in [-0.1, -0.05) is 39.0 Å². The monoisotopic (exact) mass is 292 g/mol. The number of nitrogens with zero attached hydrogens (tertiary/aromatic N) is 1. The molecule has 1 aromatic rings. The number of halogens is 1. The van der Waals surface area contributed by atoms with Gasteiger partial charge in [0.1, 0.15) is 5.82 Å². The van der Waals surface area contributed by atoms with E-state index in [0.29, 0.717) is 24.5 Å². The summed E-state index contributed by atoms with van der Waals surface area (Å²) in [5, 5.41) is 3.64. The van der Waals surface area contributed by atoms with Crippen molar-refractivity contribution in [1.29, 1.82) is 0 Å². The van der Waals surface area contributed by atoms with E-state index in [4.69, 9.17) is 0 Å². The zero-order valence-electron chi connectivity index (χ0n) is 13.8. The molecular weight excluding hydrogens is 263 g/mol. The van der Waals surface area contributed by atoms with Crippen LogP contribution in [0.2, 0.25) is 0 Å². The minimum atomic E-state index is -0.0961. The number of benzene rings is 1. The Hall–Kier alpha value is -0.930. The van der Waals surface area contributed by atoms with E-state index in [-0.39, 0.29) is 5.82 Å². The summed E-state index contributed by atoms with van der Waals surface area (Å²) in [7, 11) is 2.13. The van der Waals surface area contributed by atoms with Crippen molar-refractivity contribution in [3.8, 4) is 0 Å². The fraction of sp³-hybridized carbons (Fsp3) is 0.667. The third kappa shape index (κ3) is 4.04. The second kappa shape index (κ2) is 7.37. The molecule has 2 rings (SSSR count). The van der Waals surface area contributed by atoms with Gasteiger partial charge in [-0.2, -0.15) is 0 Å². The van der Waals surface area contributed by atoms with Gasteiger partial charge in [-0.15, -0.1) is 0 Å². The van der Waals surface area contributed by atoms with Crippen LogP contribution in [0.3, 0.4) is 0 Å². The Morgan fingerprint density at radius 1 is 1.24 bits per heavy atom. The van der Waals surface area contributed by atoms with Crippen molar-refractivity contribution in [2.45, 2.75) is 52.2 Å². The summed E-state index contributed by atoms with van der Waals surface area (Å²) in [6.45, 7) is 8.51. The van der Waals surface area contributed by atoms with Gasteiger partial charge < -0.3 is 5.32 Å². The summed E-state index contributed by atoms with van der Waals surface area (Å²) in [6.07, 6.45) is 2.47. The highest BCUT2D eigenvalue weighted by Crippen LogP contribution is 2.32. The summed E-state index contributed by atoms with van der Waals surface area (Å²) < 4.78 is 13.9. The molecular formula is C18H29FN2. The highest BCUT2D eigenvalue weighted by atomic mass is 19.1. The number of rotatable bonds is 5. The summed E-state index contributed by atoms with van der Waals surface area (Å²) in [4.78, 5) is 2.34. The van der Waals surface area contributed by atoms with E-state index in [2.05, 4.69) is 38.0 Å². The van der Waals surface area contributed by atoms with Crippen LogP contribution in [0.15, 0.2) is 24.3 Å². The topological polar surface area (TPSA) is 15.3 Å². The molecule has 1 aliphatic carbocycles. The minimum Gasteiger partial charge on any atom is -0.313 e. The minimum absolute atomic E-state index is 0.0961. The second-order valence-electron chi connectivity index (χ2n) is 6.72. The van der Waals surface area contributed by atoms with Crippen LogP contribution < -0.4 is 5.32 Å². The first-order valence-electron chi connectivity index (χ1n) is 8.20. The van der Waals surface area contributed by atoms with E-state index in [1.165, 1.54) is 12.8 Å². The van der Waals surface area contributed by atoms with Crippen molar-refractivity contribution in [3.05, 3.63) is 35.6 Å². The molecule has 0 heterocycles. The molecule has 118 valence electrons. The van der Waals surface area contributed by atoms with Gasteiger partial charge >= 0.3 is 0 Å². The van der Waals surface area contributed by atoms with Crippen molar-refractivity contribution in [2.75, 3.05) is 13.6 Å².